The summed E-state index contributed by atoms with van der Waals surface area (Å²) in [4.78, 5) is 2.50. The monoisotopic (exact) mass is 275 g/mol. The number of nitrogens with two attached hydrogens (primary N) is 1. The molecular formula is C17H29N3. The van der Waals surface area contributed by atoms with E-state index in [2.05, 4.69) is 37.1 Å². The molecule has 3 nitrogen and oxygen atoms in total. The summed E-state index contributed by atoms with van der Waals surface area (Å²) in [6.45, 7) is 8.89. The van der Waals surface area contributed by atoms with Gasteiger partial charge in [-0.05, 0) is 62.4 Å². The number of fused-ring (bicyclic) bond motifs is 1. The van der Waals surface area contributed by atoms with Crippen molar-refractivity contribution < 1.29 is 0 Å². The number of rotatable bonds is 6. The number of likely N-dealkylation sites (N-methyl/N-ethyl adjacent to an activating group) is 1. The van der Waals surface area contributed by atoms with Crippen LogP contribution in [0, 0.1) is 6.92 Å². The summed E-state index contributed by atoms with van der Waals surface area (Å²) in [6, 6.07) is 2.94. The van der Waals surface area contributed by atoms with Crippen molar-refractivity contribution in [2.75, 3.05) is 30.8 Å². The largest absolute Gasteiger partial charge is 0.398 e. The molecule has 0 spiro atoms. The topological polar surface area (TPSA) is 41.3 Å². The lowest BCUT2D eigenvalue weighted by atomic mass is 10.0. The van der Waals surface area contributed by atoms with Crippen LogP contribution in [0.4, 0.5) is 11.4 Å². The molecule has 0 amide bonds. The lowest BCUT2D eigenvalue weighted by Gasteiger charge is -2.27. The molecule has 3 heteroatoms. The zero-order valence-corrected chi connectivity index (χ0v) is 13.4. The molecule has 3 N–H and O–H groups in total. The Hall–Kier alpha value is -1.22. The molecule has 0 fully saturated rings. The van der Waals surface area contributed by atoms with Gasteiger partial charge in [0.2, 0.25) is 0 Å². The van der Waals surface area contributed by atoms with Crippen LogP contribution in [0.3, 0.4) is 0 Å². The highest BCUT2D eigenvalue weighted by Crippen LogP contribution is 2.36. The maximum atomic E-state index is 6.43. The zero-order chi connectivity index (χ0) is 14.7. The normalized spacial score (nSPS) is 17.3. The SMILES string of the molecule is CCCN(CCC)c1cc2c(c(N)c1C)CC(NC)C2. The number of hydrogen-bond donors (Lipinski definition) is 2. The average Bonchev–Trinajstić information content (AvgIpc) is 2.86. The minimum atomic E-state index is 0.549. The minimum absolute atomic E-state index is 0.549. The van der Waals surface area contributed by atoms with Gasteiger partial charge in [0, 0.05) is 30.5 Å². The molecule has 1 unspecified atom stereocenters. The molecule has 1 aliphatic rings. The summed E-state index contributed by atoms with van der Waals surface area (Å²) in [5.41, 5.74) is 12.9. The first-order valence-electron chi connectivity index (χ1n) is 7.95. The lowest BCUT2D eigenvalue weighted by Crippen LogP contribution is -2.26. The Kier molecular flexibility index (Phi) is 4.92. The van der Waals surface area contributed by atoms with Gasteiger partial charge in [-0.2, -0.15) is 0 Å². The summed E-state index contributed by atoms with van der Waals surface area (Å²) in [5.74, 6) is 0. The van der Waals surface area contributed by atoms with Crippen molar-refractivity contribution in [3.05, 3.63) is 22.8 Å². The van der Waals surface area contributed by atoms with Crippen molar-refractivity contribution in [3.63, 3.8) is 0 Å². The Labute approximate surface area is 123 Å². The molecule has 1 aromatic carbocycles. The van der Waals surface area contributed by atoms with Crippen molar-refractivity contribution in [2.24, 2.45) is 0 Å². The van der Waals surface area contributed by atoms with Gasteiger partial charge < -0.3 is 16.0 Å². The molecule has 2 rings (SSSR count). The van der Waals surface area contributed by atoms with Crippen LogP contribution in [-0.4, -0.2) is 26.2 Å². The van der Waals surface area contributed by atoms with Crippen molar-refractivity contribution in [1.29, 1.82) is 0 Å². The van der Waals surface area contributed by atoms with Crippen LogP contribution >= 0.6 is 0 Å². The first-order chi connectivity index (χ1) is 9.62. The predicted molar refractivity (Wildman–Crippen MR) is 88.6 cm³/mol. The number of benzene rings is 1. The second-order valence-corrected chi connectivity index (χ2v) is 5.95. The standard InChI is InChI=1S/C17H29N3/c1-5-7-20(8-6-2)16-10-13-9-14(19-4)11-15(13)17(18)12(16)3/h10,14,19H,5-9,11,18H2,1-4H3. The Balaban J connectivity index is 2.38. The molecule has 112 valence electrons. The van der Waals surface area contributed by atoms with Crippen molar-refractivity contribution in [1.82, 2.24) is 5.32 Å². The average molecular weight is 275 g/mol. The van der Waals surface area contributed by atoms with Gasteiger partial charge in [0.1, 0.15) is 0 Å². The van der Waals surface area contributed by atoms with Crippen molar-refractivity contribution in [3.8, 4) is 0 Å². The zero-order valence-electron chi connectivity index (χ0n) is 13.4. The summed E-state index contributed by atoms with van der Waals surface area (Å²) in [7, 11) is 2.04. The van der Waals surface area contributed by atoms with E-state index in [4.69, 9.17) is 5.73 Å². The fourth-order valence-electron chi connectivity index (χ4n) is 3.33. The molecule has 0 heterocycles. The van der Waals surface area contributed by atoms with Gasteiger partial charge in [-0.15, -0.1) is 0 Å². The Morgan fingerprint density at radius 3 is 2.45 bits per heavy atom. The summed E-state index contributed by atoms with van der Waals surface area (Å²) < 4.78 is 0. The first kappa shape index (κ1) is 15.2. The maximum absolute atomic E-state index is 6.43. The highest BCUT2D eigenvalue weighted by atomic mass is 15.1. The predicted octanol–water partition coefficient (Wildman–Crippen LogP) is 2.89. The third-order valence-electron chi connectivity index (χ3n) is 4.46. The molecule has 1 aromatic rings. The highest BCUT2D eigenvalue weighted by molar-refractivity contribution is 5.71. The summed E-state index contributed by atoms with van der Waals surface area (Å²) in [5, 5.41) is 3.39. The second-order valence-electron chi connectivity index (χ2n) is 5.95. The van der Waals surface area contributed by atoms with Crippen LogP contribution in [0.25, 0.3) is 0 Å². The van der Waals surface area contributed by atoms with Crippen LogP contribution < -0.4 is 16.0 Å². The van der Waals surface area contributed by atoms with E-state index in [1.807, 2.05) is 7.05 Å². The van der Waals surface area contributed by atoms with Crippen LogP contribution in [0.5, 0.6) is 0 Å². The Morgan fingerprint density at radius 1 is 1.25 bits per heavy atom. The molecule has 0 aliphatic heterocycles. The van der Waals surface area contributed by atoms with Gasteiger partial charge in [0.15, 0.2) is 0 Å². The quantitative estimate of drug-likeness (QED) is 0.784. The minimum Gasteiger partial charge on any atom is -0.398 e. The van der Waals surface area contributed by atoms with E-state index in [1.165, 1.54) is 35.2 Å². The van der Waals surface area contributed by atoms with Gasteiger partial charge in [-0.3, -0.25) is 0 Å². The van der Waals surface area contributed by atoms with Crippen LogP contribution in [-0.2, 0) is 12.8 Å². The van der Waals surface area contributed by atoms with E-state index < -0.39 is 0 Å². The van der Waals surface area contributed by atoms with E-state index in [0.717, 1.165) is 31.6 Å². The smallest absolute Gasteiger partial charge is 0.0419 e. The van der Waals surface area contributed by atoms with Crippen LogP contribution in [0.2, 0.25) is 0 Å². The van der Waals surface area contributed by atoms with E-state index >= 15 is 0 Å². The van der Waals surface area contributed by atoms with Gasteiger partial charge in [-0.1, -0.05) is 13.8 Å². The molecular weight excluding hydrogens is 246 g/mol. The number of hydrogen-bond acceptors (Lipinski definition) is 3. The molecule has 0 bridgehead atoms. The number of anilines is 2. The van der Waals surface area contributed by atoms with Crippen molar-refractivity contribution in [2.45, 2.75) is 52.5 Å². The molecule has 1 atom stereocenters. The number of nitrogens with one attached hydrogen (secondary N) is 1. The third-order valence-corrected chi connectivity index (χ3v) is 4.46. The highest BCUT2D eigenvalue weighted by Gasteiger charge is 2.25. The van der Waals surface area contributed by atoms with Gasteiger partial charge in [0.25, 0.3) is 0 Å². The molecule has 0 aromatic heterocycles. The Bertz CT molecular complexity index is 462. The van der Waals surface area contributed by atoms with Crippen LogP contribution in [0.1, 0.15) is 43.4 Å². The maximum Gasteiger partial charge on any atom is 0.0419 e. The van der Waals surface area contributed by atoms with E-state index in [0.29, 0.717) is 6.04 Å². The van der Waals surface area contributed by atoms with Gasteiger partial charge >= 0.3 is 0 Å². The summed E-state index contributed by atoms with van der Waals surface area (Å²) >= 11 is 0. The van der Waals surface area contributed by atoms with E-state index in [9.17, 15) is 0 Å². The Morgan fingerprint density at radius 2 is 1.90 bits per heavy atom. The first-order valence-corrected chi connectivity index (χ1v) is 7.95. The van der Waals surface area contributed by atoms with Crippen molar-refractivity contribution >= 4 is 11.4 Å². The molecule has 0 saturated heterocycles. The molecule has 20 heavy (non-hydrogen) atoms. The van der Waals surface area contributed by atoms with Gasteiger partial charge in [-0.25, -0.2) is 0 Å². The fourth-order valence-corrected chi connectivity index (χ4v) is 3.33. The van der Waals surface area contributed by atoms with Gasteiger partial charge in [0.05, 0.1) is 0 Å². The molecule has 1 aliphatic carbocycles. The third kappa shape index (κ3) is 2.78. The fraction of sp³-hybridized carbons (Fsp3) is 0.647. The lowest BCUT2D eigenvalue weighted by molar-refractivity contribution is 0.594. The van der Waals surface area contributed by atoms with Crippen LogP contribution in [0.15, 0.2) is 6.07 Å². The molecule has 0 saturated carbocycles. The molecule has 0 radical (unpaired) electrons. The van der Waals surface area contributed by atoms with E-state index in [1.54, 1.807) is 0 Å². The van der Waals surface area contributed by atoms with E-state index in [-0.39, 0.29) is 0 Å². The number of nitrogens with zero attached hydrogens (tertiary/aromatic N) is 1. The second kappa shape index (κ2) is 6.49. The number of nitrogen functional groups attached to an aromatic ring is 1. The summed E-state index contributed by atoms with van der Waals surface area (Å²) in [6.07, 6.45) is 4.53.